The highest BCUT2D eigenvalue weighted by molar-refractivity contribution is 5.77. The summed E-state index contributed by atoms with van der Waals surface area (Å²) >= 11 is 0. The number of aromatic nitrogens is 2. The molecule has 25 heavy (non-hydrogen) atoms. The summed E-state index contributed by atoms with van der Waals surface area (Å²) in [4.78, 5) is 16.4. The lowest BCUT2D eigenvalue weighted by atomic mass is 10.1. The normalized spacial score (nSPS) is 12.5. The number of ether oxygens (including phenoxy) is 2. The predicted molar refractivity (Wildman–Crippen MR) is 93.6 cm³/mol. The van der Waals surface area contributed by atoms with Crippen molar-refractivity contribution in [3.8, 4) is 11.5 Å². The van der Waals surface area contributed by atoms with Gasteiger partial charge in [0.1, 0.15) is 0 Å². The van der Waals surface area contributed by atoms with E-state index >= 15 is 0 Å². The number of rotatable bonds is 6. The number of aryl methyl sites for hydroxylation is 1. The van der Waals surface area contributed by atoms with Gasteiger partial charge < -0.3 is 19.4 Å². The Kier molecular flexibility index (Phi) is 4.24. The first-order valence-electron chi connectivity index (χ1n) is 8.35. The second-order valence-electron chi connectivity index (χ2n) is 5.96. The molecule has 2 aromatic carbocycles. The topological polar surface area (TPSA) is 65.4 Å². The maximum Gasteiger partial charge on any atom is 0.231 e. The van der Waals surface area contributed by atoms with Gasteiger partial charge in [0.05, 0.1) is 17.4 Å². The summed E-state index contributed by atoms with van der Waals surface area (Å²) in [5.41, 5.74) is 3.12. The van der Waals surface area contributed by atoms with Crippen molar-refractivity contribution in [2.24, 2.45) is 0 Å². The number of amides is 1. The molecule has 0 spiro atoms. The number of para-hydroxylation sites is 2. The largest absolute Gasteiger partial charge is 0.454 e. The number of hydrogen-bond donors (Lipinski definition) is 1. The first-order valence-corrected chi connectivity index (χ1v) is 8.35. The molecule has 0 aliphatic carbocycles. The molecule has 128 valence electrons. The molecule has 0 bridgehead atoms. The number of carbonyl (C=O) groups is 1. The van der Waals surface area contributed by atoms with Crippen LogP contribution < -0.4 is 14.8 Å². The van der Waals surface area contributed by atoms with Crippen LogP contribution in [0.2, 0.25) is 0 Å². The van der Waals surface area contributed by atoms with Crippen LogP contribution in [0.15, 0.2) is 48.8 Å². The molecule has 1 amide bonds. The van der Waals surface area contributed by atoms with Crippen molar-refractivity contribution in [2.75, 3.05) is 13.3 Å². The van der Waals surface area contributed by atoms with Crippen LogP contribution in [0.4, 0.5) is 0 Å². The monoisotopic (exact) mass is 337 g/mol. The zero-order valence-electron chi connectivity index (χ0n) is 13.8. The zero-order valence-corrected chi connectivity index (χ0v) is 13.8. The summed E-state index contributed by atoms with van der Waals surface area (Å²) in [6.45, 7) is 1.50. The van der Waals surface area contributed by atoms with E-state index in [1.807, 2.05) is 47.0 Å². The van der Waals surface area contributed by atoms with Crippen molar-refractivity contribution in [3.05, 3.63) is 54.4 Å². The molecule has 0 saturated heterocycles. The fourth-order valence-corrected chi connectivity index (χ4v) is 2.94. The van der Waals surface area contributed by atoms with Crippen LogP contribution in [0, 0.1) is 0 Å². The van der Waals surface area contributed by atoms with Crippen LogP contribution in [0.3, 0.4) is 0 Å². The Morgan fingerprint density at radius 1 is 1.16 bits per heavy atom. The summed E-state index contributed by atoms with van der Waals surface area (Å²) < 4.78 is 12.7. The fourth-order valence-electron chi connectivity index (χ4n) is 2.94. The second kappa shape index (κ2) is 6.84. The maximum atomic E-state index is 12.1. The summed E-state index contributed by atoms with van der Waals surface area (Å²) in [6, 6.07) is 13.8. The van der Waals surface area contributed by atoms with Crippen LogP contribution >= 0.6 is 0 Å². The van der Waals surface area contributed by atoms with Crippen molar-refractivity contribution in [3.63, 3.8) is 0 Å². The van der Waals surface area contributed by atoms with Gasteiger partial charge >= 0.3 is 0 Å². The van der Waals surface area contributed by atoms with E-state index in [0.29, 0.717) is 19.5 Å². The smallest absolute Gasteiger partial charge is 0.231 e. The van der Waals surface area contributed by atoms with Crippen molar-refractivity contribution < 1.29 is 14.3 Å². The number of carbonyl (C=O) groups excluding carboxylic acids is 1. The van der Waals surface area contributed by atoms with E-state index in [4.69, 9.17) is 9.47 Å². The molecule has 1 aromatic heterocycles. The van der Waals surface area contributed by atoms with E-state index < -0.39 is 0 Å². The minimum absolute atomic E-state index is 0.0403. The molecule has 1 aliphatic heterocycles. The van der Waals surface area contributed by atoms with Gasteiger partial charge in [0, 0.05) is 19.5 Å². The molecule has 0 radical (unpaired) electrons. The van der Waals surface area contributed by atoms with Crippen molar-refractivity contribution in [1.29, 1.82) is 0 Å². The van der Waals surface area contributed by atoms with E-state index in [1.54, 1.807) is 6.33 Å². The number of nitrogens with one attached hydrogen (secondary N) is 1. The molecule has 3 aromatic rings. The number of hydrogen-bond acceptors (Lipinski definition) is 4. The molecule has 6 nitrogen and oxygen atoms in total. The van der Waals surface area contributed by atoms with Crippen LogP contribution in [0.5, 0.6) is 11.5 Å². The third-order valence-electron chi connectivity index (χ3n) is 4.28. The van der Waals surface area contributed by atoms with Crippen LogP contribution in [-0.2, 0) is 17.8 Å². The molecule has 0 unspecified atom stereocenters. The van der Waals surface area contributed by atoms with Gasteiger partial charge in [0.2, 0.25) is 12.7 Å². The van der Waals surface area contributed by atoms with Gasteiger partial charge in [-0.2, -0.15) is 0 Å². The first-order chi connectivity index (χ1) is 12.3. The molecule has 0 saturated carbocycles. The van der Waals surface area contributed by atoms with Gasteiger partial charge in [0.25, 0.3) is 0 Å². The second-order valence-corrected chi connectivity index (χ2v) is 5.96. The van der Waals surface area contributed by atoms with E-state index in [9.17, 15) is 4.79 Å². The highest BCUT2D eigenvalue weighted by Gasteiger charge is 2.13. The molecule has 1 aliphatic rings. The van der Waals surface area contributed by atoms with Crippen LogP contribution in [0.1, 0.15) is 12.0 Å². The SMILES string of the molecule is O=C(CCn1cnc2ccccc21)NCCc1ccc2c(c1)OCO2. The van der Waals surface area contributed by atoms with Crippen molar-refractivity contribution in [1.82, 2.24) is 14.9 Å². The summed E-state index contributed by atoms with van der Waals surface area (Å²) in [5.74, 6) is 1.59. The molecule has 0 fully saturated rings. The average molecular weight is 337 g/mol. The third kappa shape index (κ3) is 3.42. The van der Waals surface area contributed by atoms with Gasteiger partial charge in [-0.05, 0) is 36.2 Å². The summed E-state index contributed by atoms with van der Waals surface area (Å²) in [7, 11) is 0. The fraction of sp³-hybridized carbons (Fsp3) is 0.263. The van der Waals surface area contributed by atoms with Gasteiger partial charge in [-0.25, -0.2) is 4.98 Å². The number of fused-ring (bicyclic) bond motifs is 2. The lowest BCUT2D eigenvalue weighted by Crippen LogP contribution is -2.26. The predicted octanol–water partition coefficient (Wildman–Crippen LogP) is 2.51. The summed E-state index contributed by atoms with van der Waals surface area (Å²) in [6.07, 6.45) is 2.97. The van der Waals surface area contributed by atoms with Crippen LogP contribution in [0.25, 0.3) is 11.0 Å². The van der Waals surface area contributed by atoms with E-state index in [0.717, 1.165) is 34.5 Å². The quantitative estimate of drug-likeness (QED) is 0.751. The lowest BCUT2D eigenvalue weighted by molar-refractivity contribution is -0.121. The Labute approximate surface area is 145 Å². The molecule has 4 rings (SSSR count). The van der Waals surface area contributed by atoms with Crippen LogP contribution in [-0.4, -0.2) is 28.8 Å². The standard InChI is InChI=1S/C19H19N3O3/c23-19(8-10-22-12-21-15-3-1-2-4-16(15)22)20-9-7-14-5-6-17-18(11-14)25-13-24-17/h1-6,11-12H,7-10,13H2,(H,20,23). The minimum Gasteiger partial charge on any atom is -0.454 e. The Morgan fingerprint density at radius 3 is 3.00 bits per heavy atom. The summed E-state index contributed by atoms with van der Waals surface area (Å²) in [5, 5.41) is 2.96. The van der Waals surface area contributed by atoms with Gasteiger partial charge in [-0.3, -0.25) is 4.79 Å². The molecule has 2 heterocycles. The lowest BCUT2D eigenvalue weighted by Gasteiger charge is -2.07. The molecular weight excluding hydrogens is 318 g/mol. The molecule has 1 N–H and O–H groups in total. The van der Waals surface area contributed by atoms with Crippen molar-refractivity contribution in [2.45, 2.75) is 19.4 Å². The Bertz CT molecular complexity index is 904. The number of nitrogens with zero attached hydrogens (tertiary/aromatic N) is 2. The Morgan fingerprint density at radius 2 is 2.04 bits per heavy atom. The molecular formula is C19H19N3O3. The van der Waals surface area contributed by atoms with Gasteiger partial charge in [-0.1, -0.05) is 18.2 Å². The molecule has 0 atom stereocenters. The van der Waals surface area contributed by atoms with E-state index in [2.05, 4.69) is 10.3 Å². The van der Waals surface area contributed by atoms with Crippen molar-refractivity contribution >= 4 is 16.9 Å². The maximum absolute atomic E-state index is 12.1. The van der Waals surface area contributed by atoms with E-state index in [1.165, 1.54) is 0 Å². The minimum atomic E-state index is 0.0403. The highest BCUT2D eigenvalue weighted by Crippen LogP contribution is 2.32. The third-order valence-corrected chi connectivity index (χ3v) is 4.28. The number of benzene rings is 2. The van der Waals surface area contributed by atoms with Gasteiger partial charge in [-0.15, -0.1) is 0 Å². The van der Waals surface area contributed by atoms with E-state index in [-0.39, 0.29) is 12.7 Å². The Balaban J connectivity index is 1.25. The van der Waals surface area contributed by atoms with Gasteiger partial charge in [0.15, 0.2) is 11.5 Å². The number of imidazole rings is 1. The molecule has 6 heteroatoms. The highest BCUT2D eigenvalue weighted by atomic mass is 16.7. The Hall–Kier alpha value is -3.02. The average Bonchev–Trinajstić information content (AvgIpc) is 3.26. The first kappa shape index (κ1) is 15.5. The zero-order chi connectivity index (χ0) is 17.1.